The summed E-state index contributed by atoms with van der Waals surface area (Å²) in [7, 11) is 0. The molecule has 3 aromatic rings. The Morgan fingerprint density at radius 3 is 2.54 bits per heavy atom. The zero-order valence-corrected chi connectivity index (χ0v) is 16.5. The predicted octanol–water partition coefficient (Wildman–Crippen LogP) is 4.14. The Hall–Kier alpha value is -2.18. The van der Waals surface area contributed by atoms with E-state index in [9.17, 15) is 9.59 Å². The van der Waals surface area contributed by atoms with Crippen molar-refractivity contribution in [3.8, 4) is 0 Å². The fourth-order valence-electron chi connectivity index (χ4n) is 2.84. The van der Waals surface area contributed by atoms with Gasteiger partial charge in [0.1, 0.15) is 0 Å². The number of carbonyl (C=O) groups excluding carboxylic acids is 1. The predicted molar refractivity (Wildman–Crippen MR) is 108 cm³/mol. The van der Waals surface area contributed by atoms with Crippen LogP contribution in [0.25, 0.3) is 0 Å². The summed E-state index contributed by atoms with van der Waals surface area (Å²) >= 11 is 2.80. The number of benzene rings is 1. The van der Waals surface area contributed by atoms with E-state index in [2.05, 4.69) is 36.5 Å². The molecule has 1 N–H and O–H groups in total. The lowest BCUT2D eigenvalue weighted by atomic mass is 10.0. The van der Waals surface area contributed by atoms with E-state index in [1.807, 2.05) is 29.8 Å². The lowest BCUT2D eigenvalue weighted by Crippen LogP contribution is -2.30. The Labute approximate surface area is 161 Å². The van der Waals surface area contributed by atoms with E-state index in [4.69, 9.17) is 0 Å². The summed E-state index contributed by atoms with van der Waals surface area (Å²) in [4.78, 5) is 25.4. The maximum Gasteiger partial charge on any atom is 0.307 e. The SMILES string of the molecule is CCc1ccc(C(NC(=O)CCn2c(C)csc2=O)c2cccs2)cc1. The molecule has 6 heteroatoms. The van der Waals surface area contributed by atoms with Gasteiger partial charge in [0.2, 0.25) is 5.91 Å². The lowest BCUT2D eigenvalue weighted by Gasteiger charge is -2.19. The Kier molecular flexibility index (Phi) is 6.06. The molecule has 0 aliphatic rings. The molecule has 2 heterocycles. The van der Waals surface area contributed by atoms with Gasteiger partial charge in [-0.2, -0.15) is 0 Å². The number of thiazole rings is 1. The summed E-state index contributed by atoms with van der Waals surface area (Å²) in [5.41, 5.74) is 3.25. The van der Waals surface area contributed by atoms with Gasteiger partial charge in [0.05, 0.1) is 6.04 Å². The third-order valence-corrected chi connectivity index (χ3v) is 6.21. The molecule has 0 spiro atoms. The van der Waals surface area contributed by atoms with Crippen LogP contribution in [0.15, 0.2) is 52.0 Å². The van der Waals surface area contributed by atoms with Crippen LogP contribution in [0.1, 0.15) is 41.1 Å². The minimum absolute atomic E-state index is 0.0136. The molecule has 0 radical (unpaired) electrons. The van der Waals surface area contributed by atoms with Crippen LogP contribution in [0.5, 0.6) is 0 Å². The van der Waals surface area contributed by atoms with Crippen molar-refractivity contribution in [3.63, 3.8) is 0 Å². The highest BCUT2D eigenvalue weighted by Crippen LogP contribution is 2.26. The van der Waals surface area contributed by atoms with Crippen LogP contribution in [-0.2, 0) is 17.8 Å². The number of hydrogen-bond donors (Lipinski definition) is 1. The minimum atomic E-state index is -0.159. The van der Waals surface area contributed by atoms with Crippen LogP contribution in [0, 0.1) is 6.92 Å². The van der Waals surface area contributed by atoms with Crippen LogP contribution in [0.4, 0.5) is 0 Å². The number of amides is 1. The summed E-state index contributed by atoms with van der Waals surface area (Å²) in [5.74, 6) is -0.0551. The van der Waals surface area contributed by atoms with E-state index < -0.39 is 0 Å². The molecule has 0 bridgehead atoms. The Morgan fingerprint density at radius 1 is 1.19 bits per heavy atom. The van der Waals surface area contributed by atoms with Gasteiger partial charge < -0.3 is 9.88 Å². The molecule has 2 aromatic heterocycles. The number of hydrogen-bond acceptors (Lipinski definition) is 4. The molecular weight excluding hydrogens is 364 g/mol. The molecule has 3 rings (SSSR count). The minimum Gasteiger partial charge on any atom is -0.344 e. The van der Waals surface area contributed by atoms with E-state index in [0.29, 0.717) is 6.54 Å². The molecule has 0 saturated heterocycles. The zero-order valence-electron chi connectivity index (χ0n) is 14.9. The molecule has 1 aromatic carbocycles. The van der Waals surface area contributed by atoms with Crippen molar-refractivity contribution < 1.29 is 4.79 Å². The zero-order chi connectivity index (χ0) is 18.5. The molecule has 1 atom stereocenters. The van der Waals surface area contributed by atoms with Crippen LogP contribution in [0.3, 0.4) is 0 Å². The highest BCUT2D eigenvalue weighted by Gasteiger charge is 2.18. The fraction of sp³-hybridized carbons (Fsp3) is 0.300. The van der Waals surface area contributed by atoms with Crippen molar-refractivity contribution in [3.05, 3.63) is 78.5 Å². The number of nitrogens with one attached hydrogen (secondary N) is 1. The van der Waals surface area contributed by atoms with Gasteiger partial charge in [-0.25, -0.2) is 0 Å². The van der Waals surface area contributed by atoms with E-state index in [1.54, 1.807) is 15.9 Å². The molecule has 0 fully saturated rings. The van der Waals surface area contributed by atoms with E-state index >= 15 is 0 Å². The summed E-state index contributed by atoms with van der Waals surface area (Å²) in [5, 5.41) is 6.97. The smallest absolute Gasteiger partial charge is 0.307 e. The van der Waals surface area contributed by atoms with Crippen LogP contribution < -0.4 is 10.2 Å². The van der Waals surface area contributed by atoms with Crippen molar-refractivity contribution in [1.82, 2.24) is 9.88 Å². The average Bonchev–Trinajstić information content (AvgIpc) is 3.29. The summed E-state index contributed by atoms with van der Waals surface area (Å²) in [6.45, 7) is 4.42. The second-order valence-electron chi connectivity index (χ2n) is 6.16. The molecule has 0 aliphatic heterocycles. The topological polar surface area (TPSA) is 51.1 Å². The highest BCUT2D eigenvalue weighted by molar-refractivity contribution is 7.10. The Morgan fingerprint density at radius 2 is 1.96 bits per heavy atom. The number of aromatic nitrogens is 1. The van der Waals surface area contributed by atoms with Gasteiger partial charge in [0, 0.05) is 28.9 Å². The molecule has 0 aliphatic carbocycles. The summed E-state index contributed by atoms with van der Waals surface area (Å²) in [6.07, 6.45) is 1.28. The highest BCUT2D eigenvalue weighted by atomic mass is 32.1. The first kappa shape index (κ1) is 18.6. The third-order valence-electron chi connectivity index (χ3n) is 4.39. The summed E-state index contributed by atoms with van der Waals surface area (Å²) in [6, 6.07) is 12.2. The molecular formula is C20H22N2O2S2. The van der Waals surface area contributed by atoms with Crippen LogP contribution in [-0.4, -0.2) is 10.5 Å². The fourth-order valence-corrected chi connectivity index (χ4v) is 4.40. The Balaban J connectivity index is 1.73. The van der Waals surface area contributed by atoms with Crippen molar-refractivity contribution in [2.45, 2.75) is 39.3 Å². The molecule has 0 saturated carbocycles. The number of aryl methyl sites for hydroxylation is 2. The third kappa shape index (κ3) is 4.31. The van der Waals surface area contributed by atoms with Crippen molar-refractivity contribution in [2.24, 2.45) is 0 Å². The molecule has 26 heavy (non-hydrogen) atoms. The standard InChI is InChI=1S/C20H22N2O2S2/c1-3-15-6-8-16(9-7-15)19(17-5-4-12-25-17)21-18(23)10-11-22-14(2)13-26-20(22)24/h4-9,12-13,19H,3,10-11H2,1-2H3,(H,21,23). The van der Waals surface area contributed by atoms with Crippen molar-refractivity contribution in [2.75, 3.05) is 0 Å². The maximum absolute atomic E-state index is 12.5. The molecule has 1 amide bonds. The van der Waals surface area contributed by atoms with Crippen molar-refractivity contribution in [1.29, 1.82) is 0 Å². The number of thiophene rings is 1. The van der Waals surface area contributed by atoms with Gasteiger partial charge in [-0.15, -0.1) is 11.3 Å². The summed E-state index contributed by atoms with van der Waals surface area (Å²) < 4.78 is 1.65. The van der Waals surface area contributed by atoms with Gasteiger partial charge in [-0.1, -0.05) is 48.6 Å². The van der Waals surface area contributed by atoms with E-state index in [0.717, 1.165) is 22.6 Å². The second kappa shape index (κ2) is 8.47. The molecule has 136 valence electrons. The van der Waals surface area contributed by atoms with E-state index in [1.165, 1.54) is 16.9 Å². The monoisotopic (exact) mass is 386 g/mol. The maximum atomic E-state index is 12.5. The number of carbonyl (C=O) groups is 1. The normalized spacial score (nSPS) is 12.1. The first-order chi connectivity index (χ1) is 12.6. The first-order valence-corrected chi connectivity index (χ1v) is 10.4. The quantitative estimate of drug-likeness (QED) is 0.663. The van der Waals surface area contributed by atoms with Crippen LogP contribution in [0.2, 0.25) is 0 Å². The van der Waals surface area contributed by atoms with Gasteiger partial charge in [-0.3, -0.25) is 9.59 Å². The number of rotatable bonds is 7. The van der Waals surface area contributed by atoms with Gasteiger partial charge in [-0.05, 0) is 35.9 Å². The molecule has 1 unspecified atom stereocenters. The van der Waals surface area contributed by atoms with Crippen LogP contribution >= 0.6 is 22.7 Å². The van der Waals surface area contributed by atoms with Gasteiger partial charge >= 0.3 is 4.87 Å². The lowest BCUT2D eigenvalue weighted by molar-refractivity contribution is -0.121. The van der Waals surface area contributed by atoms with E-state index in [-0.39, 0.29) is 23.2 Å². The average molecular weight is 387 g/mol. The first-order valence-electron chi connectivity index (χ1n) is 8.65. The largest absolute Gasteiger partial charge is 0.344 e. The number of nitrogens with zero attached hydrogens (tertiary/aromatic N) is 1. The Bertz CT molecular complexity index is 908. The second-order valence-corrected chi connectivity index (χ2v) is 7.96. The van der Waals surface area contributed by atoms with Gasteiger partial charge in [0.25, 0.3) is 0 Å². The van der Waals surface area contributed by atoms with Crippen molar-refractivity contribution >= 4 is 28.6 Å². The molecule has 4 nitrogen and oxygen atoms in total. The van der Waals surface area contributed by atoms with Gasteiger partial charge in [0.15, 0.2) is 0 Å².